The van der Waals surface area contributed by atoms with E-state index in [2.05, 4.69) is 16.6 Å². The number of carbonyl (C=O) groups excluding carboxylic acids is 1. The number of carboxylic acids is 2. The third kappa shape index (κ3) is 13.7. The molecular formula is C10H14N2O5. The van der Waals surface area contributed by atoms with E-state index in [9.17, 15) is 14.4 Å². The second-order valence-electron chi connectivity index (χ2n) is 2.54. The predicted molar refractivity (Wildman–Crippen MR) is 62.8 cm³/mol. The van der Waals surface area contributed by atoms with Gasteiger partial charge in [0.25, 0.3) is 0 Å². The summed E-state index contributed by atoms with van der Waals surface area (Å²) in [4.78, 5) is 36.6. The molecule has 0 atom stereocenters. The third-order valence-corrected chi connectivity index (χ3v) is 1.15. The number of nitrogens with zero attached hydrogens (tertiary/aromatic N) is 2. The lowest BCUT2D eigenvalue weighted by molar-refractivity contribution is -0.139. The van der Waals surface area contributed by atoms with Gasteiger partial charge in [0, 0.05) is 18.0 Å². The van der Waals surface area contributed by atoms with Crippen molar-refractivity contribution in [2.45, 2.75) is 20.3 Å². The topological polar surface area (TPSA) is 116 Å². The van der Waals surface area contributed by atoms with Crippen molar-refractivity contribution in [1.82, 2.24) is 0 Å². The molecule has 94 valence electrons. The number of carbonyl (C=O) groups is 3. The summed E-state index contributed by atoms with van der Waals surface area (Å²) >= 11 is 0. The average Bonchev–Trinajstić information content (AvgIpc) is 2.18. The summed E-state index contributed by atoms with van der Waals surface area (Å²) in [7, 11) is 0. The van der Waals surface area contributed by atoms with Gasteiger partial charge in [0.1, 0.15) is 0 Å². The number of aliphatic carboxylic acids is 2. The van der Waals surface area contributed by atoms with Gasteiger partial charge in [-0.15, -0.1) is 0 Å². The first-order chi connectivity index (χ1) is 7.84. The predicted octanol–water partition coefficient (Wildman–Crippen LogP) is 1.39. The Labute approximate surface area is 98.2 Å². The normalized spacial score (nSPS) is 9.76. The van der Waals surface area contributed by atoms with Crippen LogP contribution in [0.5, 0.6) is 0 Å². The molecular weight excluding hydrogens is 228 g/mol. The molecule has 0 saturated carbocycles. The van der Waals surface area contributed by atoms with Gasteiger partial charge in [-0.1, -0.05) is 6.58 Å². The molecule has 7 nitrogen and oxygen atoms in total. The Bertz CT molecular complexity index is 344. The molecule has 2 amide bonds. The van der Waals surface area contributed by atoms with E-state index in [1.54, 1.807) is 13.8 Å². The molecule has 0 unspecified atom stereocenters. The van der Waals surface area contributed by atoms with E-state index in [1.165, 1.54) is 12.4 Å². The van der Waals surface area contributed by atoms with Gasteiger partial charge in [0.15, 0.2) is 0 Å². The minimum atomic E-state index is -1.27. The molecule has 0 bridgehead atoms. The van der Waals surface area contributed by atoms with Gasteiger partial charge in [0.05, 0.1) is 6.42 Å². The quantitative estimate of drug-likeness (QED) is 0.572. The molecule has 0 spiro atoms. The summed E-state index contributed by atoms with van der Waals surface area (Å²) < 4.78 is 0. The van der Waals surface area contributed by atoms with E-state index in [-0.39, 0.29) is 5.57 Å². The zero-order chi connectivity index (χ0) is 13.8. The Morgan fingerprint density at radius 3 is 1.71 bits per heavy atom. The highest BCUT2D eigenvalue weighted by atomic mass is 16.4. The third-order valence-electron chi connectivity index (χ3n) is 1.15. The molecule has 0 aliphatic carbocycles. The number of rotatable bonds is 3. The van der Waals surface area contributed by atoms with Crippen LogP contribution in [0.4, 0.5) is 4.79 Å². The van der Waals surface area contributed by atoms with Gasteiger partial charge >= 0.3 is 18.0 Å². The summed E-state index contributed by atoms with van der Waals surface area (Å²) in [5, 5.41) is 16.1. The summed E-state index contributed by atoms with van der Waals surface area (Å²) in [5.74, 6) is -2.44. The SMILES string of the molecule is C=C(CC(=O)O)C(=O)O.CC=NC(=O)N=CC. The average molecular weight is 242 g/mol. The van der Waals surface area contributed by atoms with Crippen LogP contribution < -0.4 is 0 Å². The first-order valence-electron chi connectivity index (χ1n) is 4.49. The summed E-state index contributed by atoms with van der Waals surface area (Å²) in [6.45, 7) is 6.35. The fraction of sp³-hybridized carbons (Fsp3) is 0.300. The van der Waals surface area contributed by atoms with Gasteiger partial charge in [-0.3, -0.25) is 4.79 Å². The summed E-state index contributed by atoms with van der Waals surface area (Å²) in [6, 6.07) is -0.449. The van der Waals surface area contributed by atoms with Crippen LogP contribution in [0.2, 0.25) is 0 Å². The Kier molecular flexibility index (Phi) is 10.3. The second-order valence-corrected chi connectivity index (χ2v) is 2.54. The van der Waals surface area contributed by atoms with E-state index in [1.807, 2.05) is 0 Å². The molecule has 17 heavy (non-hydrogen) atoms. The van der Waals surface area contributed by atoms with Crippen molar-refractivity contribution in [3.05, 3.63) is 12.2 Å². The molecule has 0 aliphatic rings. The molecule has 0 saturated heterocycles. The summed E-state index contributed by atoms with van der Waals surface area (Å²) in [5.41, 5.74) is -0.303. The van der Waals surface area contributed by atoms with Crippen molar-refractivity contribution in [3.63, 3.8) is 0 Å². The van der Waals surface area contributed by atoms with E-state index >= 15 is 0 Å². The second kappa shape index (κ2) is 10.2. The van der Waals surface area contributed by atoms with Crippen LogP contribution in [0.25, 0.3) is 0 Å². The van der Waals surface area contributed by atoms with Crippen LogP contribution in [0.1, 0.15) is 20.3 Å². The Morgan fingerprint density at radius 2 is 1.53 bits per heavy atom. The van der Waals surface area contributed by atoms with Crippen molar-refractivity contribution >= 4 is 30.4 Å². The van der Waals surface area contributed by atoms with E-state index in [0.717, 1.165) is 0 Å². The number of urea groups is 1. The van der Waals surface area contributed by atoms with E-state index in [4.69, 9.17) is 10.2 Å². The molecule has 0 aliphatic heterocycles. The zero-order valence-electron chi connectivity index (χ0n) is 9.58. The van der Waals surface area contributed by atoms with Crippen molar-refractivity contribution in [3.8, 4) is 0 Å². The van der Waals surface area contributed by atoms with Crippen molar-refractivity contribution in [2.24, 2.45) is 9.98 Å². The maximum Gasteiger partial charge on any atom is 0.366 e. The van der Waals surface area contributed by atoms with Crippen LogP contribution in [-0.4, -0.2) is 40.6 Å². The van der Waals surface area contributed by atoms with E-state index in [0.29, 0.717) is 0 Å². The van der Waals surface area contributed by atoms with Crippen LogP contribution >= 0.6 is 0 Å². The lowest BCUT2D eigenvalue weighted by Crippen LogP contribution is -2.04. The maximum absolute atomic E-state index is 10.2. The molecule has 0 aromatic carbocycles. The van der Waals surface area contributed by atoms with Crippen molar-refractivity contribution in [2.75, 3.05) is 0 Å². The molecule has 0 fully saturated rings. The van der Waals surface area contributed by atoms with Crippen LogP contribution in [0, 0.1) is 0 Å². The molecule has 7 heteroatoms. The van der Waals surface area contributed by atoms with Gasteiger partial charge < -0.3 is 10.2 Å². The fourth-order valence-corrected chi connectivity index (χ4v) is 0.512. The number of hydrogen-bond donors (Lipinski definition) is 2. The van der Waals surface area contributed by atoms with E-state index < -0.39 is 24.4 Å². The number of hydrogen-bond acceptors (Lipinski definition) is 3. The maximum atomic E-state index is 10.2. The number of amides is 2. The smallest absolute Gasteiger partial charge is 0.366 e. The molecule has 0 aromatic heterocycles. The van der Waals surface area contributed by atoms with Gasteiger partial charge in [-0.25, -0.2) is 19.6 Å². The first kappa shape index (κ1) is 17.1. The van der Waals surface area contributed by atoms with Crippen molar-refractivity contribution in [1.29, 1.82) is 0 Å². The van der Waals surface area contributed by atoms with Crippen LogP contribution in [0.15, 0.2) is 22.1 Å². The molecule has 0 rings (SSSR count). The Morgan fingerprint density at radius 1 is 1.12 bits per heavy atom. The Balaban J connectivity index is 0. The van der Waals surface area contributed by atoms with Crippen LogP contribution in [0.3, 0.4) is 0 Å². The van der Waals surface area contributed by atoms with Crippen LogP contribution in [-0.2, 0) is 9.59 Å². The highest BCUT2D eigenvalue weighted by Gasteiger charge is 2.07. The highest BCUT2D eigenvalue weighted by Crippen LogP contribution is 1.95. The highest BCUT2D eigenvalue weighted by molar-refractivity contribution is 5.91. The van der Waals surface area contributed by atoms with Gasteiger partial charge in [0.2, 0.25) is 0 Å². The molecule has 0 heterocycles. The minimum absolute atomic E-state index is 0.303. The molecule has 2 N–H and O–H groups in total. The monoisotopic (exact) mass is 242 g/mol. The minimum Gasteiger partial charge on any atom is -0.481 e. The molecule has 0 aromatic rings. The fourth-order valence-electron chi connectivity index (χ4n) is 0.512. The summed E-state index contributed by atoms with van der Waals surface area (Å²) in [6.07, 6.45) is 2.32. The number of carboxylic acid groups (broad SMARTS) is 2. The number of aliphatic imine (C=N–C) groups is 2. The largest absolute Gasteiger partial charge is 0.481 e. The van der Waals surface area contributed by atoms with Gasteiger partial charge in [-0.05, 0) is 13.8 Å². The van der Waals surface area contributed by atoms with Crippen molar-refractivity contribution < 1.29 is 24.6 Å². The lowest BCUT2D eigenvalue weighted by atomic mass is 10.2. The Hall–Kier alpha value is -2.31. The molecule has 0 radical (unpaired) electrons. The first-order valence-corrected chi connectivity index (χ1v) is 4.49. The lowest BCUT2D eigenvalue weighted by Gasteiger charge is -1.91. The standard InChI is InChI=1S/C5H8N2O.C5H6O4/c1-3-6-5(8)7-4-2;1-3(5(8)9)2-4(6)7/h3-4H,1-2H3;1-2H2,(H,6,7)(H,8,9). The van der Waals surface area contributed by atoms with Gasteiger partial charge in [-0.2, -0.15) is 0 Å². The zero-order valence-corrected chi connectivity index (χ0v) is 9.58.